The molecule has 0 radical (unpaired) electrons. The number of hydrogen-bond donors (Lipinski definition) is 2. The van der Waals surface area contributed by atoms with Crippen molar-refractivity contribution in [2.45, 2.75) is 20.3 Å². The van der Waals surface area contributed by atoms with Crippen LogP contribution in [0.4, 0.5) is 5.69 Å². The quantitative estimate of drug-likeness (QED) is 0.760. The van der Waals surface area contributed by atoms with Crippen molar-refractivity contribution in [3.05, 3.63) is 29.3 Å². The maximum absolute atomic E-state index is 12.2. The monoisotopic (exact) mass is 236 g/mol. The topological polar surface area (TPSA) is 66.6 Å². The Balaban J connectivity index is 2.86. The standard InChI is InChI=1S/C13H20N2O2/c1-3-15(7-4-8-16)13(17)11-6-5-10(2)9-12(11)14/h5-6,9,16H,3-4,7-8,14H2,1-2H3. The zero-order chi connectivity index (χ0) is 12.8. The number of amides is 1. The molecule has 0 unspecified atom stereocenters. The van der Waals surface area contributed by atoms with Crippen LogP contribution in [-0.2, 0) is 0 Å². The first-order valence-corrected chi connectivity index (χ1v) is 5.86. The highest BCUT2D eigenvalue weighted by Crippen LogP contribution is 2.16. The van der Waals surface area contributed by atoms with E-state index in [1.54, 1.807) is 17.0 Å². The summed E-state index contributed by atoms with van der Waals surface area (Å²) in [6.45, 7) is 5.12. The van der Waals surface area contributed by atoms with E-state index in [0.29, 0.717) is 30.8 Å². The van der Waals surface area contributed by atoms with Gasteiger partial charge in [-0.25, -0.2) is 0 Å². The summed E-state index contributed by atoms with van der Waals surface area (Å²) >= 11 is 0. The first-order chi connectivity index (χ1) is 8.10. The van der Waals surface area contributed by atoms with Gasteiger partial charge in [-0.1, -0.05) is 6.07 Å². The molecule has 0 aliphatic heterocycles. The summed E-state index contributed by atoms with van der Waals surface area (Å²) in [4.78, 5) is 13.9. The molecule has 0 bridgehead atoms. The van der Waals surface area contributed by atoms with Crippen LogP contribution < -0.4 is 5.73 Å². The molecule has 1 aromatic carbocycles. The van der Waals surface area contributed by atoms with E-state index in [2.05, 4.69) is 0 Å². The number of carbonyl (C=O) groups is 1. The van der Waals surface area contributed by atoms with Crippen LogP contribution in [0.2, 0.25) is 0 Å². The molecule has 0 heterocycles. The lowest BCUT2D eigenvalue weighted by Gasteiger charge is -2.21. The number of carbonyl (C=O) groups excluding carboxylic acids is 1. The smallest absolute Gasteiger partial charge is 0.255 e. The maximum atomic E-state index is 12.2. The van der Waals surface area contributed by atoms with Gasteiger partial charge in [0.1, 0.15) is 0 Å². The van der Waals surface area contributed by atoms with E-state index in [1.165, 1.54) is 0 Å². The van der Waals surface area contributed by atoms with Crippen LogP contribution in [0.3, 0.4) is 0 Å². The van der Waals surface area contributed by atoms with Crippen LogP contribution in [0.5, 0.6) is 0 Å². The van der Waals surface area contributed by atoms with E-state index >= 15 is 0 Å². The second kappa shape index (κ2) is 6.25. The minimum Gasteiger partial charge on any atom is -0.398 e. The maximum Gasteiger partial charge on any atom is 0.255 e. The van der Waals surface area contributed by atoms with Crippen molar-refractivity contribution < 1.29 is 9.90 Å². The molecule has 94 valence electrons. The molecule has 3 N–H and O–H groups in total. The Morgan fingerprint density at radius 1 is 1.47 bits per heavy atom. The minimum atomic E-state index is -0.0709. The lowest BCUT2D eigenvalue weighted by molar-refractivity contribution is 0.0755. The molecule has 1 rings (SSSR count). The Bertz CT molecular complexity index is 391. The van der Waals surface area contributed by atoms with Gasteiger partial charge in [0.15, 0.2) is 0 Å². The van der Waals surface area contributed by atoms with Crippen molar-refractivity contribution >= 4 is 11.6 Å². The zero-order valence-electron chi connectivity index (χ0n) is 10.4. The van der Waals surface area contributed by atoms with Crippen LogP contribution >= 0.6 is 0 Å². The van der Waals surface area contributed by atoms with E-state index in [9.17, 15) is 4.79 Å². The molecule has 17 heavy (non-hydrogen) atoms. The molecule has 4 heteroatoms. The molecule has 1 amide bonds. The molecule has 0 saturated heterocycles. The van der Waals surface area contributed by atoms with Crippen LogP contribution in [0.25, 0.3) is 0 Å². The average Bonchev–Trinajstić information content (AvgIpc) is 2.29. The first-order valence-electron chi connectivity index (χ1n) is 5.86. The van der Waals surface area contributed by atoms with Crippen molar-refractivity contribution in [3.8, 4) is 0 Å². The number of aryl methyl sites for hydroxylation is 1. The Morgan fingerprint density at radius 3 is 2.71 bits per heavy atom. The normalized spacial score (nSPS) is 10.3. The number of benzene rings is 1. The van der Waals surface area contributed by atoms with Crippen molar-refractivity contribution in [2.75, 3.05) is 25.4 Å². The highest BCUT2D eigenvalue weighted by Gasteiger charge is 2.16. The lowest BCUT2D eigenvalue weighted by Crippen LogP contribution is -2.32. The summed E-state index contributed by atoms with van der Waals surface area (Å²) in [5, 5.41) is 8.79. The number of nitrogens with two attached hydrogens (primary N) is 1. The van der Waals surface area contributed by atoms with E-state index in [1.807, 2.05) is 19.9 Å². The fourth-order valence-electron chi connectivity index (χ4n) is 1.71. The van der Waals surface area contributed by atoms with Crippen molar-refractivity contribution in [1.82, 2.24) is 4.90 Å². The molecule has 1 aromatic rings. The number of anilines is 1. The van der Waals surface area contributed by atoms with Gasteiger partial charge in [-0.15, -0.1) is 0 Å². The van der Waals surface area contributed by atoms with E-state index < -0.39 is 0 Å². The fraction of sp³-hybridized carbons (Fsp3) is 0.462. The zero-order valence-corrected chi connectivity index (χ0v) is 10.4. The number of hydrogen-bond acceptors (Lipinski definition) is 3. The van der Waals surface area contributed by atoms with Gasteiger partial charge >= 0.3 is 0 Å². The van der Waals surface area contributed by atoms with Gasteiger partial charge in [0.2, 0.25) is 0 Å². The van der Waals surface area contributed by atoms with Gasteiger partial charge in [0.25, 0.3) is 5.91 Å². The Labute approximate surface area is 102 Å². The van der Waals surface area contributed by atoms with Gasteiger partial charge in [0.05, 0.1) is 5.56 Å². The van der Waals surface area contributed by atoms with Gasteiger partial charge in [0, 0.05) is 25.4 Å². The first kappa shape index (κ1) is 13.5. The summed E-state index contributed by atoms with van der Waals surface area (Å²) in [6.07, 6.45) is 0.589. The fourth-order valence-corrected chi connectivity index (χ4v) is 1.71. The Hall–Kier alpha value is -1.55. The lowest BCUT2D eigenvalue weighted by atomic mass is 10.1. The molecule has 0 aliphatic carbocycles. The molecular weight excluding hydrogens is 216 g/mol. The number of aliphatic hydroxyl groups excluding tert-OH is 1. The molecule has 4 nitrogen and oxygen atoms in total. The number of nitrogen functional groups attached to an aromatic ring is 1. The molecule has 0 fully saturated rings. The highest BCUT2D eigenvalue weighted by molar-refractivity contribution is 5.99. The molecule has 0 atom stereocenters. The predicted octanol–water partition coefficient (Wildman–Crippen LogP) is 1.42. The summed E-state index contributed by atoms with van der Waals surface area (Å²) in [6, 6.07) is 5.44. The second-order valence-corrected chi connectivity index (χ2v) is 4.05. The van der Waals surface area contributed by atoms with Crippen molar-refractivity contribution in [3.63, 3.8) is 0 Å². The number of nitrogens with zero attached hydrogens (tertiary/aromatic N) is 1. The van der Waals surface area contributed by atoms with E-state index in [0.717, 1.165) is 5.56 Å². The van der Waals surface area contributed by atoms with Gasteiger partial charge in [-0.05, 0) is 38.0 Å². The summed E-state index contributed by atoms with van der Waals surface area (Å²) in [5.74, 6) is -0.0709. The number of aliphatic hydroxyl groups is 1. The van der Waals surface area contributed by atoms with Crippen LogP contribution in [0.1, 0.15) is 29.3 Å². The average molecular weight is 236 g/mol. The second-order valence-electron chi connectivity index (χ2n) is 4.05. The van der Waals surface area contributed by atoms with Crippen LogP contribution in [-0.4, -0.2) is 35.6 Å². The molecule has 0 aliphatic rings. The highest BCUT2D eigenvalue weighted by atomic mass is 16.3. The predicted molar refractivity (Wildman–Crippen MR) is 68.9 cm³/mol. The van der Waals surface area contributed by atoms with E-state index in [4.69, 9.17) is 10.8 Å². The Morgan fingerprint density at radius 2 is 2.18 bits per heavy atom. The van der Waals surface area contributed by atoms with Gasteiger partial charge in [-0.2, -0.15) is 0 Å². The third-order valence-corrected chi connectivity index (χ3v) is 2.69. The van der Waals surface area contributed by atoms with Crippen molar-refractivity contribution in [1.29, 1.82) is 0 Å². The van der Waals surface area contributed by atoms with Gasteiger partial charge in [-0.3, -0.25) is 4.79 Å². The number of rotatable bonds is 5. The van der Waals surface area contributed by atoms with E-state index in [-0.39, 0.29) is 12.5 Å². The van der Waals surface area contributed by atoms with Crippen LogP contribution in [0.15, 0.2) is 18.2 Å². The Kier molecular flexibility index (Phi) is 4.97. The third kappa shape index (κ3) is 3.46. The van der Waals surface area contributed by atoms with Crippen molar-refractivity contribution in [2.24, 2.45) is 0 Å². The van der Waals surface area contributed by atoms with Gasteiger partial charge < -0.3 is 15.7 Å². The SMILES string of the molecule is CCN(CCCO)C(=O)c1ccc(C)cc1N. The summed E-state index contributed by atoms with van der Waals surface area (Å²) < 4.78 is 0. The minimum absolute atomic E-state index is 0.0709. The largest absolute Gasteiger partial charge is 0.398 e. The summed E-state index contributed by atoms with van der Waals surface area (Å²) in [7, 11) is 0. The van der Waals surface area contributed by atoms with Crippen LogP contribution in [0, 0.1) is 6.92 Å². The molecular formula is C13H20N2O2. The molecule has 0 saturated carbocycles. The molecule has 0 spiro atoms. The third-order valence-electron chi connectivity index (χ3n) is 2.69. The summed E-state index contributed by atoms with van der Waals surface area (Å²) in [5.41, 5.74) is 7.93. The molecule has 0 aromatic heterocycles.